The summed E-state index contributed by atoms with van der Waals surface area (Å²) in [5, 5.41) is 14.6. The molecule has 0 fully saturated rings. The number of aryl methyl sites for hydroxylation is 1. The Kier molecular flexibility index (Phi) is 5.64. The summed E-state index contributed by atoms with van der Waals surface area (Å²) < 4.78 is 14.4. The number of carboxylic acid groups (broad SMARTS) is 1. The zero-order chi connectivity index (χ0) is 19.4. The number of halogens is 1. The zero-order valence-electron chi connectivity index (χ0n) is 15.1. The minimum atomic E-state index is -0.946. The van der Waals surface area contributed by atoms with Gasteiger partial charge in [-0.1, -0.05) is 48.0 Å². The second-order valence-electron chi connectivity index (χ2n) is 6.64. The average molecular weight is 368 g/mol. The number of carbonyl (C=O) groups excluding carboxylic acids is 1. The van der Waals surface area contributed by atoms with Crippen molar-refractivity contribution in [3.05, 3.63) is 71.0 Å². The topological polar surface area (TPSA) is 70.0 Å². The van der Waals surface area contributed by atoms with Crippen molar-refractivity contribution in [1.29, 1.82) is 0 Å². The molecule has 0 saturated carbocycles. The molecule has 1 aliphatic rings. The van der Waals surface area contributed by atoms with Crippen LogP contribution in [0.2, 0.25) is 0 Å². The molecule has 0 aliphatic carbocycles. The SMILES string of the molecule is Cc1ccc(C2=NN(C(=O)CCCC(=O)O)[C@@H](c3ccccc3F)C2)cc1. The molecule has 1 amide bonds. The Morgan fingerprint density at radius 1 is 1.15 bits per heavy atom. The van der Waals surface area contributed by atoms with Crippen molar-refractivity contribution in [3.8, 4) is 0 Å². The maximum absolute atomic E-state index is 14.4. The molecule has 27 heavy (non-hydrogen) atoms. The quantitative estimate of drug-likeness (QED) is 0.836. The van der Waals surface area contributed by atoms with E-state index in [0.29, 0.717) is 12.0 Å². The predicted octanol–water partition coefficient (Wildman–Crippen LogP) is 4.07. The first-order chi connectivity index (χ1) is 13.0. The fourth-order valence-corrected chi connectivity index (χ4v) is 3.15. The molecule has 1 N–H and O–H groups in total. The molecular formula is C21H21FN2O3. The van der Waals surface area contributed by atoms with Gasteiger partial charge in [0, 0.05) is 24.8 Å². The minimum Gasteiger partial charge on any atom is -0.481 e. The van der Waals surface area contributed by atoms with Crippen molar-refractivity contribution < 1.29 is 19.1 Å². The summed E-state index contributed by atoms with van der Waals surface area (Å²) in [6.45, 7) is 1.99. The van der Waals surface area contributed by atoms with E-state index in [0.717, 1.165) is 16.8 Å². The number of carbonyl (C=O) groups is 2. The van der Waals surface area contributed by atoms with Gasteiger partial charge < -0.3 is 5.11 Å². The van der Waals surface area contributed by atoms with Crippen LogP contribution in [0.25, 0.3) is 0 Å². The predicted molar refractivity (Wildman–Crippen MR) is 99.8 cm³/mol. The first kappa shape index (κ1) is 18.8. The number of aliphatic carboxylic acids is 1. The van der Waals surface area contributed by atoms with E-state index in [-0.39, 0.29) is 31.0 Å². The molecule has 5 nitrogen and oxygen atoms in total. The van der Waals surface area contributed by atoms with Crippen LogP contribution in [0.4, 0.5) is 4.39 Å². The molecule has 3 rings (SSSR count). The van der Waals surface area contributed by atoms with Gasteiger partial charge in [-0.05, 0) is 25.0 Å². The van der Waals surface area contributed by atoms with Crippen LogP contribution in [0.3, 0.4) is 0 Å². The number of amides is 1. The van der Waals surface area contributed by atoms with Crippen molar-refractivity contribution in [2.45, 2.75) is 38.6 Å². The fraction of sp³-hybridized carbons (Fsp3) is 0.286. The molecule has 0 spiro atoms. The summed E-state index contributed by atoms with van der Waals surface area (Å²) in [6, 6.07) is 13.6. The Labute approximate surface area is 157 Å². The molecule has 2 aromatic rings. The van der Waals surface area contributed by atoms with Crippen molar-refractivity contribution in [2.75, 3.05) is 0 Å². The van der Waals surface area contributed by atoms with Crippen LogP contribution in [0.1, 0.15) is 48.4 Å². The first-order valence-electron chi connectivity index (χ1n) is 8.88. The lowest BCUT2D eigenvalue weighted by Crippen LogP contribution is -2.27. The molecule has 1 atom stereocenters. The van der Waals surface area contributed by atoms with E-state index in [9.17, 15) is 14.0 Å². The number of rotatable bonds is 6. The standard InChI is InChI=1S/C21H21FN2O3/c1-14-9-11-15(12-10-14)18-13-19(16-5-2-3-6-17(16)22)24(23-18)20(25)7-4-8-21(26)27/h2-3,5-6,9-12,19H,4,7-8,13H2,1H3,(H,26,27)/t19-/m1/s1. The third-order valence-corrected chi connectivity index (χ3v) is 4.60. The molecule has 0 aromatic heterocycles. The maximum atomic E-state index is 14.4. The molecule has 1 heterocycles. The van der Waals surface area contributed by atoms with Crippen molar-refractivity contribution in [2.24, 2.45) is 5.10 Å². The largest absolute Gasteiger partial charge is 0.481 e. The van der Waals surface area contributed by atoms with Crippen LogP contribution in [0, 0.1) is 12.7 Å². The molecule has 0 saturated heterocycles. The van der Waals surface area contributed by atoms with Crippen LogP contribution in [-0.2, 0) is 9.59 Å². The summed E-state index contributed by atoms with van der Waals surface area (Å²) in [4.78, 5) is 23.4. The van der Waals surface area contributed by atoms with E-state index < -0.39 is 12.0 Å². The lowest BCUT2D eigenvalue weighted by atomic mass is 9.97. The Balaban J connectivity index is 1.87. The van der Waals surface area contributed by atoms with Gasteiger partial charge in [-0.15, -0.1) is 0 Å². The molecule has 6 heteroatoms. The third-order valence-electron chi connectivity index (χ3n) is 4.60. The molecule has 0 unspecified atom stereocenters. The highest BCUT2D eigenvalue weighted by atomic mass is 19.1. The molecule has 0 bridgehead atoms. The second kappa shape index (κ2) is 8.12. The zero-order valence-corrected chi connectivity index (χ0v) is 15.1. The Morgan fingerprint density at radius 3 is 2.52 bits per heavy atom. The Bertz CT molecular complexity index is 877. The normalized spacial score (nSPS) is 16.3. The van der Waals surface area contributed by atoms with E-state index in [1.807, 2.05) is 31.2 Å². The van der Waals surface area contributed by atoms with Crippen LogP contribution < -0.4 is 0 Å². The number of hydrazone groups is 1. The number of hydrogen-bond acceptors (Lipinski definition) is 3. The van der Waals surface area contributed by atoms with Crippen molar-refractivity contribution in [3.63, 3.8) is 0 Å². The number of benzene rings is 2. The highest BCUT2D eigenvalue weighted by Crippen LogP contribution is 2.34. The van der Waals surface area contributed by atoms with Gasteiger partial charge in [-0.2, -0.15) is 5.10 Å². The number of hydrogen-bond donors (Lipinski definition) is 1. The summed E-state index contributed by atoms with van der Waals surface area (Å²) >= 11 is 0. The van der Waals surface area contributed by atoms with Gasteiger partial charge in [-0.25, -0.2) is 9.40 Å². The smallest absolute Gasteiger partial charge is 0.303 e. The summed E-state index contributed by atoms with van der Waals surface area (Å²) in [5.41, 5.74) is 3.14. The van der Waals surface area contributed by atoms with Gasteiger partial charge in [0.2, 0.25) is 5.91 Å². The average Bonchev–Trinajstić information content (AvgIpc) is 3.07. The van der Waals surface area contributed by atoms with Crippen molar-refractivity contribution >= 4 is 17.6 Å². The van der Waals surface area contributed by atoms with E-state index >= 15 is 0 Å². The summed E-state index contributed by atoms with van der Waals surface area (Å²) in [6.07, 6.45) is 0.610. The van der Waals surface area contributed by atoms with Gasteiger partial charge >= 0.3 is 5.97 Å². The molecular weight excluding hydrogens is 347 g/mol. The van der Waals surface area contributed by atoms with E-state index in [2.05, 4.69) is 5.10 Å². The van der Waals surface area contributed by atoms with Crippen LogP contribution >= 0.6 is 0 Å². The van der Waals surface area contributed by atoms with Gasteiger partial charge in [0.1, 0.15) is 5.82 Å². The lowest BCUT2D eigenvalue weighted by molar-refractivity contribution is -0.137. The second-order valence-corrected chi connectivity index (χ2v) is 6.64. The van der Waals surface area contributed by atoms with Gasteiger partial charge in [-0.3, -0.25) is 9.59 Å². The highest BCUT2D eigenvalue weighted by molar-refractivity contribution is 6.03. The first-order valence-corrected chi connectivity index (χ1v) is 8.88. The monoisotopic (exact) mass is 368 g/mol. The minimum absolute atomic E-state index is 0.0575. The molecule has 0 radical (unpaired) electrons. The number of carboxylic acids is 1. The molecule has 1 aliphatic heterocycles. The third kappa shape index (κ3) is 4.39. The molecule has 2 aromatic carbocycles. The summed E-state index contributed by atoms with van der Waals surface area (Å²) in [5.74, 6) is -1.63. The Hall–Kier alpha value is -3.02. The Morgan fingerprint density at radius 2 is 1.85 bits per heavy atom. The summed E-state index contributed by atoms with van der Waals surface area (Å²) in [7, 11) is 0. The van der Waals surface area contributed by atoms with E-state index in [4.69, 9.17) is 5.11 Å². The van der Waals surface area contributed by atoms with Crippen molar-refractivity contribution in [1.82, 2.24) is 5.01 Å². The fourth-order valence-electron chi connectivity index (χ4n) is 3.15. The van der Waals surface area contributed by atoms with Crippen LogP contribution in [-0.4, -0.2) is 27.7 Å². The van der Waals surface area contributed by atoms with Crippen LogP contribution in [0.5, 0.6) is 0 Å². The van der Waals surface area contributed by atoms with Crippen LogP contribution in [0.15, 0.2) is 53.6 Å². The lowest BCUT2D eigenvalue weighted by Gasteiger charge is -2.22. The maximum Gasteiger partial charge on any atom is 0.303 e. The van der Waals surface area contributed by atoms with Gasteiger partial charge in [0.25, 0.3) is 0 Å². The number of nitrogens with zero attached hydrogens (tertiary/aromatic N) is 2. The van der Waals surface area contributed by atoms with Gasteiger partial charge in [0.05, 0.1) is 11.8 Å². The van der Waals surface area contributed by atoms with Gasteiger partial charge in [0.15, 0.2) is 0 Å². The van der Waals surface area contributed by atoms with E-state index in [1.54, 1.807) is 18.2 Å². The highest BCUT2D eigenvalue weighted by Gasteiger charge is 2.34. The molecule has 140 valence electrons. The van der Waals surface area contributed by atoms with E-state index in [1.165, 1.54) is 11.1 Å².